The first-order valence-corrected chi connectivity index (χ1v) is 44.5. The van der Waals surface area contributed by atoms with Crippen molar-refractivity contribution in [2.75, 3.05) is 39.6 Å². The predicted molar refractivity (Wildman–Crippen MR) is 409 cm³/mol. The Morgan fingerprint density at radius 3 is 0.850 bits per heavy atom. The molecule has 0 aromatic rings. The van der Waals surface area contributed by atoms with Gasteiger partial charge in [-0.05, 0) is 57.3 Å². The van der Waals surface area contributed by atoms with Crippen LogP contribution < -0.4 is 0 Å². The molecule has 6 atom stereocenters. The second-order valence-corrected chi connectivity index (χ2v) is 31.6. The summed E-state index contributed by atoms with van der Waals surface area (Å²) in [6.45, 7) is 7.22. The van der Waals surface area contributed by atoms with Crippen LogP contribution in [0.2, 0.25) is 0 Å². The van der Waals surface area contributed by atoms with Crippen LogP contribution in [0.5, 0.6) is 0 Å². The lowest BCUT2D eigenvalue weighted by Crippen LogP contribution is -2.30. The third-order valence-electron chi connectivity index (χ3n) is 18.8. The van der Waals surface area contributed by atoms with Crippen molar-refractivity contribution in [2.45, 2.75) is 425 Å². The second-order valence-electron chi connectivity index (χ2n) is 28.7. The Labute approximate surface area is 612 Å². The molecular weight excluding hydrogens is 1310 g/mol. The fourth-order valence-electron chi connectivity index (χ4n) is 12.0. The number of aliphatic hydroxyl groups is 1. The van der Waals surface area contributed by atoms with Crippen molar-refractivity contribution in [3.63, 3.8) is 0 Å². The standard InChI is InChI=1S/C81H154O17P2/c1-6-10-13-16-19-22-25-28-31-32-33-34-35-38-41-44-47-50-57-62-66-80(85)97-76(70-91-78(83)64-59-54-48-45-42-39-36-29-26-23-20-17-14-11-7-2)72-95-99(87,88)93-68-75(82)69-94-100(89,90)96-73-77(71-92-79(84)65-60-55-52-51-53-58-63-74(5)9-4)98-81(86)67-61-56-49-46-43-40-37-30-27-24-21-18-15-12-8-3/h23,26,29,36,74-77,82H,6-22,24-25,27-28,30-35,37-73H2,1-5H3,(H,87,88)(H,89,90)/b26-23-,36-29-/t74?,75-,76-,77-/m1/s1. The van der Waals surface area contributed by atoms with Gasteiger partial charge in [0.2, 0.25) is 0 Å². The van der Waals surface area contributed by atoms with E-state index in [1.54, 1.807) is 0 Å². The van der Waals surface area contributed by atoms with E-state index >= 15 is 0 Å². The minimum absolute atomic E-state index is 0.102. The summed E-state index contributed by atoms with van der Waals surface area (Å²) < 4.78 is 68.7. The molecule has 0 spiro atoms. The van der Waals surface area contributed by atoms with Gasteiger partial charge in [-0.3, -0.25) is 37.3 Å². The molecule has 0 radical (unpaired) electrons. The summed E-state index contributed by atoms with van der Waals surface area (Å²) in [6.07, 6.45) is 67.4. The molecule has 17 nitrogen and oxygen atoms in total. The fourth-order valence-corrected chi connectivity index (χ4v) is 13.6. The van der Waals surface area contributed by atoms with Crippen LogP contribution in [0.15, 0.2) is 24.3 Å². The van der Waals surface area contributed by atoms with Crippen LogP contribution in [0.25, 0.3) is 0 Å². The molecule has 0 saturated carbocycles. The third-order valence-corrected chi connectivity index (χ3v) is 20.7. The van der Waals surface area contributed by atoms with E-state index in [0.717, 1.165) is 121 Å². The number of ether oxygens (including phenoxy) is 4. The van der Waals surface area contributed by atoms with Crippen LogP contribution in [0.1, 0.15) is 407 Å². The molecule has 0 aromatic carbocycles. The van der Waals surface area contributed by atoms with Gasteiger partial charge in [-0.2, -0.15) is 0 Å². The zero-order chi connectivity index (χ0) is 73.4. The Kier molecular flexibility index (Phi) is 71.6. The molecule has 0 aliphatic carbocycles. The number of allylic oxidation sites excluding steroid dienone is 4. The third kappa shape index (κ3) is 72.5. The van der Waals surface area contributed by atoms with Crippen LogP contribution in [0, 0.1) is 5.92 Å². The lowest BCUT2D eigenvalue weighted by molar-refractivity contribution is -0.161. The molecular formula is C81H154O17P2. The Hall–Kier alpha value is -2.46. The van der Waals surface area contributed by atoms with Crippen molar-refractivity contribution in [3.05, 3.63) is 24.3 Å². The SMILES string of the molecule is CCCCCC/C=C\C=C/CCCCCCCC(=O)OC[C@H](COP(=O)(O)OC[C@@H](O)COP(=O)(O)OC[C@@H](COC(=O)CCCCCCCCC(C)CC)OC(=O)CCCCCCCCCCCCCCCCC)OC(=O)CCCCCCCCCCCCCCCCCCCCCC. The van der Waals surface area contributed by atoms with Crippen molar-refractivity contribution in [2.24, 2.45) is 5.92 Å². The summed E-state index contributed by atoms with van der Waals surface area (Å²) in [5.74, 6) is -1.41. The van der Waals surface area contributed by atoms with Gasteiger partial charge in [0.15, 0.2) is 12.2 Å². The molecule has 0 amide bonds. The van der Waals surface area contributed by atoms with Gasteiger partial charge in [0.1, 0.15) is 19.3 Å². The number of phosphoric ester groups is 2. The number of rotatable bonds is 79. The second kappa shape index (κ2) is 73.4. The molecule has 0 aliphatic rings. The normalized spacial score (nSPS) is 14.3. The molecule has 0 saturated heterocycles. The van der Waals surface area contributed by atoms with Crippen LogP contribution in [0.3, 0.4) is 0 Å². The highest BCUT2D eigenvalue weighted by atomic mass is 31.2. The number of carbonyl (C=O) groups is 4. The Balaban J connectivity index is 5.26. The fraction of sp³-hybridized carbons (Fsp3) is 0.901. The summed E-state index contributed by atoms with van der Waals surface area (Å²) >= 11 is 0. The highest BCUT2D eigenvalue weighted by molar-refractivity contribution is 7.47. The summed E-state index contributed by atoms with van der Waals surface area (Å²) in [4.78, 5) is 73.0. The van der Waals surface area contributed by atoms with Crippen molar-refractivity contribution >= 4 is 39.5 Å². The largest absolute Gasteiger partial charge is 0.472 e. The maximum absolute atomic E-state index is 13.1. The van der Waals surface area contributed by atoms with Gasteiger partial charge in [-0.25, -0.2) is 9.13 Å². The average Bonchev–Trinajstić information content (AvgIpc) is 0.964. The minimum Gasteiger partial charge on any atom is -0.462 e. The highest BCUT2D eigenvalue weighted by Crippen LogP contribution is 2.45. The van der Waals surface area contributed by atoms with Gasteiger partial charge in [0, 0.05) is 25.7 Å². The molecule has 3 unspecified atom stereocenters. The molecule has 100 heavy (non-hydrogen) atoms. The van der Waals surface area contributed by atoms with E-state index in [4.69, 9.17) is 37.0 Å². The minimum atomic E-state index is -4.97. The van der Waals surface area contributed by atoms with Gasteiger partial charge in [0.25, 0.3) is 0 Å². The number of carbonyl (C=O) groups excluding carboxylic acids is 4. The maximum atomic E-state index is 13.1. The summed E-state index contributed by atoms with van der Waals surface area (Å²) in [5.41, 5.74) is 0. The molecule has 0 rings (SSSR count). The molecule has 3 N–H and O–H groups in total. The molecule has 0 bridgehead atoms. The van der Waals surface area contributed by atoms with Crippen molar-refractivity contribution in [3.8, 4) is 0 Å². The number of esters is 4. The molecule has 0 aromatic heterocycles. The zero-order valence-electron chi connectivity index (χ0n) is 64.8. The Bertz CT molecular complexity index is 2010. The topological polar surface area (TPSA) is 237 Å². The Morgan fingerprint density at radius 1 is 0.320 bits per heavy atom. The van der Waals surface area contributed by atoms with Gasteiger partial charge < -0.3 is 33.8 Å². The number of unbranched alkanes of at least 4 members (excludes halogenated alkanes) is 47. The lowest BCUT2D eigenvalue weighted by Gasteiger charge is -2.21. The van der Waals surface area contributed by atoms with Gasteiger partial charge in [-0.1, -0.05) is 354 Å². The Morgan fingerprint density at radius 2 is 0.560 bits per heavy atom. The quantitative estimate of drug-likeness (QED) is 0.0169. The smallest absolute Gasteiger partial charge is 0.462 e. The first kappa shape index (κ1) is 97.5. The van der Waals surface area contributed by atoms with Crippen LogP contribution in [-0.2, 0) is 65.4 Å². The van der Waals surface area contributed by atoms with E-state index in [-0.39, 0.29) is 25.7 Å². The number of phosphoric acid groups is 2. The summed E-state index contributed by atoms with van der Waals surface area (Å²) in [6, 6.07) is 0. The van der Waals surface area contributed by atoms with Crippen LogP contribution in [-0.4, -0.2) is 96.7 Å². The van der Waals surface area contributed by atoms with E-state index in [1.165, 1.54) is 205 Å². The van der Waals surface area contributed by atoms with E-state index in [1.807, 2.05) is 0 Å². The van der Waals surface area contributed by atoms with Gasteiger partial charge in [-0.15, -0.1) is 0 Å². The van der Waals surface area contributed by atoms with Crippen molar-refractivity contribution in [1.29, 1.82) is 0 Å². The predicted octanol–water partition coefficient (Wildman–Crippen LogP) is 24.0. The average molecular weight is 1460 g/mol. The first-order chi connectivity index (χ1) is 48.6. The van der Waals surface area contributed by atoms with Gasteiger partial charge >= 0.3 is 39.5 Å². The number of hydrogen-bond acceptors (Lipinski definition) is 15. The molecule has 0 heterocycles. The molecule has 19 heteroatoms. The van der Waals surface area contributed by atoms with Crippen molar-refractivity contribution in [1.82, 2.24) is 0 Å². The molecule has 590 valence electrons. The van der Waals surface area contributed by atoms with E-state index in [9.17, 15) is 43.2 Å². The van der Waals surface area contributed by atoms with Crippen molar-refractivity contribution < 1.29 is 80.2 Å². The molecule has 0 aliphatic heterocycles. The number of aliphatic hydroxyl groups excluding tert-OH is 1. The summed E-state index contributed by atoms with van der Waals surface area (Å²) in [7, 11) is -9.93. The first-order valence-electron chi connectivity index (χ1n) is 41.5. The molecule has 0 fully saturated rings. The maximum Gasteiger partial charge on any atom is 0.472 e. The zero-order valence-corrected chi connectivity index (χ0v) is 66.6. The van der Waals surface area contributed by atoms with E-state index < -0.39 is 97.5 Å². The van der Waals surface area contributed by atoms with E-state index in [2.05, 4.69) is 58.9 Å². The highest BCUT2D eigenvalue weighted by Gasteiger charge is 2.30. The van der Waals surface area contributed by atoms with Crippen LogP contribution in [0.4, 0.5) is 0 Å². The number of hydrogen-bond donors (Lipinski definition) is 3. The van der Waals surface area contributed by atoms with Gasteiger partial charge in [0.05, 0.1) is 26.4 Å². The summed E-state index contributed by atoms with van der Waals surface area (Å²) in [5, 5.41) is 10.6. The van der Waals surface area contributed by atoms with Crippen LogP contribution >= 0.6 is 15.6 Å². The monoisotopic (exact) mass is 1460 g/mol. The van der Waals surface area contributed by atoms with E-state index in [0.29, 0.717) is 25.7 Å². The lowest BCUT2D eigenvalue weighted by atomic mass is 10.00.